The van der Waals surface area contributed by atoms with Crippen molar-refractivity contribution in [3.05, 3.63) is 48.0 Å². The van der Waals surface area contributed by atoms with Crippen LogP contribution in [0.4, 0.5) is 0 Å². The minimum Gasteiger partial charge on any atom is -0.481 e. The highest BCUT2D eigenvalue weighted by molar-refractivity contribution is 5.86. The summed E-state index contributed by atoms with van der Waals surface area (Å²) in [7, 11) is 0. The molecule has 128 valence electrons. The lowest BCUT2D eigenvalue weighted by molar-refractivity contribution is -0.144. The van der Waals surface area contributed by atoms with Gasteiger partial charge in [0.1, 0.15) is 0 Å². The molecule has 2 unspecified atom stereocenters. The predicted molar refractivity (Wildman–Crippen MR) is 98.1 cm³/mol. The van der Waals surface area contributed by atoms with Gasteiger partial charge in [-0.05, 0) is 42.1 Å². The summed E-state index contributed by atoms with van der Waals surface area (Å²) in [6, 6.07) is 15.4. The second-order valence-corrected chi connectivity index (χ2v) is 6.90. The average Bonchev–Trinajstić information content (AvgIpc) is 2.62. The second kappa shape index (κ2) is 7.80. The number of carboxylic acids is 1. The number of hydrogen-bond donors (Lipinski definition) is 1. The van der Waals surface area contributed by atoms with Crippen LogP contribution in [-0.2, 0) is 4.79 Å². The molecule has 3 nitrogen and oxygen atoms in total. The van der Waals surface area contributed by atoms with Crippen molar-refractivity contribution in [3.8, 4) is 0 Å². The van der Waals surface area contributed by atoms with Gasteiger partial charge < -0.3 is 5.11 Å². The summed E-state index contributed by atoms with van der Waals surface area (Å²) in [6.45, 7) is 3.89. The molecule has 0 spiro atoms. The number of hydrogen-bond acceptors (Lipinski definition) is 2. The largest absolute Gasteiger partial charge is 0.481 e. The van der Waals surface area contributed by atoms with Gasteiger partial charge in [0, 0.05) is 12.6 Å². The van der Waals surface area contributed by atoms with E-state index in [0.29, 0.717) is 12.6 Å². The maximum absolute atomic E-state index is 11.5. The number of fused-ring (bicyclic) bond motifs is 1. The second-order valence-electron chi connectivity index (χ2n) is 6.90. The lowest BCUT2D eigenvalue weighted by Gasteiger charge is -2.38. The summed E-state index contributed by atoms with van der Waals surface area (Å²) in [5.74, 6) is -0.871. The normalized spacial score (nSPS) is 20.1. The van der Waals surface area contributed by atoms with E-state index in [1.165, 1.54) is 22.8 Å². The van der Waals surface area contributed by atoms with E-state index in [4.69, 9.17) is 0 Å². The molecule has 0 aliphatic carbocycles. The summed E-state index contributed by atoms with van der Waals surface area (Å²) >= 11 is 0. The zero-order valence-corrected chi connectivity index (χ0v) is 14.4. The third kappa shape index (κ3) is 3.62. The van der Waals surface area contributed by atoms with E-state index in [0.717, 1.165) is 32.2 Å². The summed E-state index contributed by atoms with van der Waals surface area (Å²) < 4.78 is 0. The molecular weight excluding hydrogens is 298 g/mol. The first-order valence-electron chi connectivity index (χ1n) is 9.15. The Labute approximate surface area is 144 Å². The van der Waals surface area contributed by atoms with Gasteiger partial charge in [0.25, 0.3) is 0 Å². The fourth-order valence-electron chi connectivity index (χ4n) is 3.96. The van der Waals surface area contributed by atoms with Gasteiger partial charge in [0.15, 0.2) is 0 Å². The first-order chi connectivity index (χ1) is 11.7. The van der Waals surface area contributed by atoms with Crippen molar-refractivity contribution < 1.29 is 9.90 Å². The topological polar surface area (TPSA) is 40.5 Å². The molecule has 0 aromatic heterocycles. The molecule has 2 atom stereocenters. The van der Waals surface area contributed by atoms with Crippen molar-refractivity contribution in [1.29, 1.82) is 0 Å². The van der Waals surface area contributed by atoms with Gasteiger partial charge in [-0.15, -0.1) is 0 Å². The Morgan fingerprint density at radius 3 is 2.83 bits per heavy atom. The van der Waals surface area contributed by atoms with Crippen LogP contribution >= 0.6 is 0 Å². The van der Waals surface area contributed by atoms with Crippen LogP contribution in [0.1, 0.15) is 50.6 Å². The molecule has 1 saturated heterocycles. The Balaban J connectivity index is 1.94. The fourth-order valence-corrected chi connectivity index (χ4v) is 3.96. The number of carboxylic acid groups (broad SMARTS) is 1. The van der Waals surface area contributed by atoms with E-state index in [9.17, 15) is 9.90 Å². The number of rotatable bonds is 6. The van der Waals surface area contributed by atoms with Crippen molar-refractivity contribution in [2.75, 3.05) is 13.1 Å². The summed E-state index contributed by atoms with van der Waals surface area (Å²) in [6.07, 6.45) is 5.21. The standard InChI is InChI=1S/C21H27NO2/c1-2-3-13-20(22-14-7-10-17(15-22)21(23)24)19-12-6-9-16-8-4-5-11-18(16)19/h4-6,8-9,11-12,17,20H,2-3,7,10,13-15H2,1H3,(H,23,24). The zero-order valence-electron chi connectivity index (χ0n) is 14.4. The molecule has 3 heteroatoms. The molecule has 0 saturated carbocycles. The first-order valence-corrected chi connectivity index (χ1v) is 9.15. The highest BCUT2D eigenvalue weighted by atomic mass is 16.4. The first kappa shape index (κ1) is 17.0. The van der Waals surface area contributed by atoms with Crippen LogP contribution in [0, 0.1) is 5.92 Å². The summed E-state index contributed by atoms with van der Waals surface area (Å²) in [4.78, 5) is 13.9. The van der Waals surface area contributed by atoms with Crippen molar-refractivity contribution >= 4 is 16.7 Å². The van der Waals surface area contributed by atoms with Crippen LogP contribution in [0.25, 0.3) is 10.8 Å². The van der Waals surface area contributed by atoms with Gasteiger partial charge in [-0.2, -0.15) is 0 Å². The Morgan fingerprint density at radius 2 is 2.04 bits per heavy atom. The molecule has 1 aliphatic heterocycles. The maximum Gasteiger partial charge on any atom is 0.307 e. The number of unbranched alkanes of at least 4 members (excludes halogenated alkanes) is 1. The van der Waals surface area contributed by atoms with Gasteiger partial charge in [0.2, 0.25) is 0 Å². The van der Waals surface area contributed by atoms with Crippen LogP contribution in [0.5, 0.6) is 0 Å². The Bertz CT molecular complexity index is 692. The lowest BCUT2D eigenvalue weighted by Crippen LogP contribution is -2.41. The average molecular weight is 325 g/mol. The van der Waals surface area contributed by atoms with E-state index in [2.05, 4.69) is 54.3 Å². The highest BCUT2D eigenvalue weighted by Crippen LogP contribution is 2.34. The number of likely N-dealkylation sites (tertiary alicyclic amines) is 1. The van der Waals surface area contributed by atoms with E-state index in [-0.39, 0.29) is 5.92 Å². The molecule has 1 aliphatic rings. The van der Waals surface area contributed by atoms with Gasteiger partial charge in [-0.3, -0.25) is 9.69 Å². The van der Waals surface area contributed by atoms with Gasteiger partial charge in [-0.1, -0.05) is 62.2 Å². The highest BCUT2D eigenvalue weighted by Gasteiger charge is 2.30. The lowest BCUT2D eigenvalue weighted by atomic mass is 9.90. The van der Waals surface area contributed by atoms with Crippen molar-refractivity contribution in [3.63, 3.8) is 0 Å². The molecule has 0 amide bonds. The SMILES string of the molecule is CCCCC(c1cccc2ccccc12)N1CCCC(C(=O)O)C1. The smallest absolute Gasteiger partial charge is 0.307 e. The molecule has 1 N–H and O–H groups in total. The van der Waals surface area contributed by atoms with E-state index in [1.807, 2.05) is 0 Å². The van der Waals surface area contributed by atoms with Crippen LogP contribution in [0.2, 0.25) is 0 Å². The molecule has 3 rings (SSSR count). The third-order valence-corrected chi connectivity index (χ3v) is 5.26. The number of aliphatic carboxylic acids is 1. The van der Waals surface area contributed by atoms with E-state index < -0.39 is 5.97 Å². The van der Waals surface area contributed by atoms with Crippen LogP contribution in [0.15, 0.2) is 42.5 Å². The van der Waals surface area contributed by atoms with Crippen LogP contribution in [0.3, 0.4) is 0 Å². The zero-order chi connectivity index (χ0) is 16.9. The molecule has 2 aromatic rings. The summed E-state index contributed by atoms with van der Waals surface area (Å²) in [5.41, 5.74) is 1.35. The molecular formula is C21H27NO2. The van der Waals surface area contributed by atoms with Gasteiger partial charge in [0.05, 0.1) is 5.92 Å². The van der Waals surface area contributed by atoms with Crippen LogP contribution in [-0.4, -0.2) is 29.1 Å². The molecule has 24 heavy (non-hydrogen) atoms. The molecule has 2 aromatic carbocycles. The van der Waals surface area contributed by atoms with Crippen molar-refractivity contribution in [2.45, 2.75) is 45.1 Å². The Hall–Kier alpha value is -1.87. The van der Waals surface area contributed by atoms with E-state index >= 15 is 0 Å². The maximum atomic E-state index is 11.5. The predicted octanol–water partition coefficient (Wildman–Crippen LogP) is 4.87. The fraction of sp³-hybridized carbons (Fsp3) is 0.476. The Morgan fingerprint density at radius 1 is 1.25 bits per heavy atom. The monoisotopic (exact) mass is 325 g/mol. The third-order valence-electron chi connectivity index (χ3n) is 5.26. The minimum atomic E-state index is -0.646. The van der Waals surface area contributed by atoms with Crippen LogP contribution < -0.4 is 0 Å². The number of carbonyl (C=O) groups is 1. The van der Waals surface area contributed by atoms with Crippen molar-refractivity contribution in [2.24, 2.45) is 5.92 Å². The molecule has 0 radical (unpaired) electrons. The molecule has 0 bridgehead atoms. The molecule has 1 fully saturated rings. The minimum absolute atomic E-state index is 0.224. The summed E-state index contributed by atoms with van der Waals surface area (Å²) in [5, 5.41) is 12.0. The van der Waals surface area contributed by atoms with Crippen molar-refractivity contribution in [1.82, 2.24) is 4.90 Å². The number of nitrogens with zero attached hydrogens (tertiary/aromatic N) is 1. The Kier molecular flexibility index (Phi) is 5.52. The number of piperidine rings is 1. The number of benzene rings is 2. The molecule has 1 heterocycles. The van der Waals surface area contributed by atoms with Gasteiger partial charge >= 0.3 is 5.97 Å². The quantitative estimate of drug-likeness (QED) is 0.824. The van der Waals surface area contributed by atoms with E-state index in [1.54, 1.807) is 0 Å². The van der Waals surface area contributed by atoms with Gasteiger partial charge in [-0.25, -0.2) is 0 Å².